The van der Waals surface area contributed by atoms with Crippen molar-refractivity contribution < 1.29 is 13.0 Å². The highest BCUT2D eigenvalue weighted by molar-refractivity contribution is 7.86. The van der Waals surface area contributed by atoms with Crippen molar-refractivity contribution in [3.63, 3.8) is 0 Å². The first kappa shape index (κ1) is 8.65. The maximum atomic E-state index is 10.3. The van der Waals surface area contributed by atoms with Crippen molar-refractivity contribution in [2.24, 2.45) is 0 Å². The molecule has 0 fully saturated rings. The number of hydrogen-bond donors (Lipinski definition) is 1. The quantitative estimate of drug-likeness (QED) is 0.479. The molecule has 4 heteroatoms. The summed E-state index contributed by atoms with van der Waals surface area (Å²) in [5.74, 6) is 0. The van der Waals surface area contributed by atoms with Gasteiger partial charge < -0.3 is 0 Å². The van der Waals surface area contributed by atoms with E-state index in [1.807, 2.05) is 0 Å². The molecule has 0 radical (unpaired) electrons. The van der Waals surface area contributed by atoms with Crippen LogP contribution in [0.2, 0.25) is 0 Å². The molecule has 0 aromatic heterocycles. The fraction of sp³-hybridized carbons (Fsp3) is 0.600. The number of rotatable bonds is 3. The van der Waals surface area contributed by atoms with Crippen LogP contribution < -0.4 is 0 Å². The lowest BCUT2D eigenvalue weighted by Gasteiger charge is -2.02. The van der Waals surface area contributed by atoms with Crippen LogP contribution in [-0.2, 0) is 10.1 Å². The minimum atomic E-state index is -3.88. The molecule has 0 aromatic carbocycles. The van der Waals surface area contributed by atoms with Gasteiger partial charge in [-0.25, -0.2) is 0 Å². The topological polar surface area (TPSA) is 54.4 Å². The third-order valence-corrected chi connectivity index (χ3v) is 2.34. The Bertz CT molecular complexity index is 180. The van der Waals surface area contributed by atoms with Gasteiger partial charge in [0.15, 0.2) is 0 Å². The molecule has 0 aromatic rings. The van der Waals surface area contributed by atoms with E-state index in [2.05, 4.69) is 6.58 Å². The Morgan fingerprint density at radius 1 is 1.78 bits per heavy atom. The van der Waals surface area contributed by atoms with Crippen LogP contribution in [0.4, 0.5) is 0 Å². The summed E-state index contributed by atoms with van der Waals surface area (Å²) in [4.78, 5) is 0. The van der Waals surface area contributed by atoms with Gasteiger partial charge in [-0.05, 0) is 6.42 Å². The van der Waals surface area contributed by atoms with E-state index in [9.17, 15) is 8.42 Å². The van der Waals surface area contributed by atoms with Crippen LogP contribution >= 0.6 is 0 Å². The minimum Gasteiger partial charge on any atom is -0.285 e. The van der Waals surface area contributed by atoms with E-state index in [1.165, 1.54) is 6.08 Å². The highest BCUT2D eigenvalue weighted by Gasteiger charge is 2.15. The van der Waals surface area contributed by atoms with Crippen LogP contribution in [-0.4, -0.2) is 18.2 Å². The molecule has 1 N–H and O–H groups in total. The molecule has 0 bridgehead atoms. The smallest absolute Gasteiger partial charge is 0.271 e. The second-order valence-corrected chi connectivity index (χ2v) is 3.33. The normalized spacial score (nSPS) is 14.9. The molecule has 0 spiro atoms. The van der Waals surface area contributed by atoms with Gasteiger partial charge in [0.1, 0.15) is 5.25 Å². The van der Waals surface area contributed by atoms with Crippen LogP contribution in [0.15, 0.2) is 12.7 Å². The molecule has 0 saturated heterocycles. The molecule has 0 amide bonds. The van der Waals surface area contributed by atoms with E-state index >= 15 is 0 Å². The first-order chi connectivity index (χ1) is 4.02. The summed E-state index contributed by atoms with van der Waals surface area (Å²) in [6, 6.07) is 0. The van der Waals surface area contributed by atoms with Crippen LogP contribution in [0.1, 0.15) is 13.3 Å². The van der Waals surface area contributed by atoms with Crippen molar-refractivity contribution in [3.05, 3.63) is 12.7 Å². The average Bonchev–Trinajstić information content (AvgIpc) is 1.65. The van der Waals surface area contributed by atoms with Gasteiger partial charge in [-0.2, -0.15) is 8.42 Å². The lowest BCUT2D eigenvalue weighted by atomic mass is 10.3. The molecule has 9 heavy (non-hydrogen) atoms. The zero-order chi connectivity index (χ0) is 7.49. The van der Waals surface area contributed by atoms with Crippen molar-refractivity contribution in [2.75, 3.05) is 0 Å². The lowest BCUT2D eigenvalue weighted by Crippen LogP contribution is -2.15. The molecule has 1 unspecified atom stereocenters. The SMILES string of the molecule is C=CC(CC)S(=O)(=O)O. The molecule has 1 atom stereocenters. The highest BCUT2D eigenvalue weighted by Crippen LogP contribution is 2.03. The Kier molecular flexibility index (Phi) is 2.87. The fourth-order valence-electron chi connectivity index (χ4n) is 0.499. The van der Waals surface area contributed by atoms with E-state index in [0.717, 1.165) is 0 Å². The van der Waals surface area contributed by atoms with Gasteiger partial charge >= 0.3 is 0 Å². The van der Waals surface area contributed by atoms with E-state index < -0.39 is 15.4 Å². The number of hydrogen-bond acceptors (Lipinski definition) is 2. The van der Waals surface area contributed by atoms with Gasteiger partial charge in [0.25, 0.3) is 10.1 Å². The predicted octanol–water partition coefficient (Wildman–Crippen LogP) is 0.839. The van der Waals surface area contributed by atoms with Gasteiger partial charge in [0, 0.05) is 0 Å². The van der Waals surface area contributed by atoms with Gasteiger partial charge in [-0.1, -0.05) is 13.0 Å². The Labute approximate surface area is 55.1 Å². The van der Waals surface area contributed by atoms with Crippen molar-refractivity contribution >= 4 is 10.1 Å². The monoisotopic (exact) mass is 150 g/mol. The van der Waals surface area contributed by atoms with Crippen molar-refractivity contribution in [1.29, 1.82) is 0 Å². The molecule has 0 rings (SSSR count). The van der Waals surface area contributed by atoms with E-state index in [-0.39, 0.29) is 0 Å². The van der Waals surface area contributed by atoms with Crippen molar-refractivity contribution in [2.45, 2.75) is 18.6 Å². The van der Waals surface area contributed by atoms with Crippen LogP contribution in [0.5, 0.6) is 0 Å². The lowest BCUT2D eigenvalue weighted by molar-refractivity contribution is 0.473. The third-order valence-electron chi connectivity index (χ3n) is 1.05. The Hall–Kier alpha value is -0.350. The average molecular weight is 150 g/mol. The molecular formula is C5H10O3S. The van der Waals surface area contributed by atoms with Gasteiger partial charge in [0.2, 0.25) is 0 Å². The molecule has 0 heterocycles. The molecule has 0 aliphatic carbocycles. The molecule has 3 nitrogen and oxygen atoms in total. The van der Waals surface area contributed by atoms with E-state index in [0.29, 0.717) is 6.42 Å². The fourth-order valence-corrected chi connectivity index (χ4v) is 1.16. The Morgan fingerprint density at radius 3 is 2.22 bits per heavy atom. The van der Waals surface area contributed by atoms with Crippen LogP contribution in [0, 0.1) is 0 Å². The summed E-state index contributed by atoms with van der Waals surface area (Å²) < 4.78 is 28.9. The zero-order valence-corrected chi connectivity index (χ0v) is 6.06. The summed E-state index contributed by atoms with van der Waals surface area (Å²) in [5, 5.41) is -0.808. The second kappa shape index (κ2) is 2.98. The molecule has 0 saturated carbocycles. The maximum Gasteiger partial charge on any atom is 0.271 e. The van der Waals surface area contributed by atoms with Gasteiger partial charge in [-0.15, -0.1) is 6.58 Å². The Balaban J connectivity index is 4.32. The molecular weight excluding hydrogens is 140 g/mol. The molecule has 0 aliphatic heterocycles. The van der Waals surface area contributed by atoms with Gasteiger partial charge in [0.05, 0.1) is 0 Å². The van der Waals surface area contributed by atoms with Crippen molar-refractivity contribution in [3.8, 4) is 0 Å². The second-order valence-electron chi connectivity index (χ2n) is 1.70. The minimum absolute atomic E-state index is 0.363. The summed E-state index contributed by atoms with van der Waals surface area (Å²) in [6.07, 6.45) is 1.58. The van der Waals surface area contributed by atoms with Gasteiger partial charge in [-0.3, -0.25) is 4.55 Å². The van der Waals surface area contributed by atoms with Crippen molar-refractivity contribution in [1.82, 2.24) is 0 Å². The zero-order valence-electron chi connectivity index (χ0n) is 5.24. The molecule has 0 aliphatic rings. The first-order valence-corrected chi connectivity index (χ1v) is 4.11. The summed E-state index contributed by atoms with van der Waals surface area (Å²) in [5.41, 5.74) is 0. The highest BCUT2D eigenvalue weighted by atomic mass is 32.2. The third kappa shape index (κ3) is 2.62. The largest absolute Gasteiger partial charge is 0.285 e. The first-order valence-electron chi connectivity index (χ1n) is 2.61. The van der Waals surface area contributed by atoms with E-state index in [4.69, 9.17) is 4.55 Å². The summed E-state index contributed by atoms with van der Waals surface area (Å²) in [7, 11) is -3.88. The summed E-state index contributed by atoms with van der Waals surface area (Å²) >= 11 is 0. The standard InChI is InChI=1S/C5H10O3S/c1-3-5(4-2)9(6,7)8/h3,5H,1,4H2,2H3,(H,6,7,8). The molecule has 54 valence electrons. The van der Waals surface area contributed by atoms with Crippen LogP contribution in [0.25, 0.3) is 0 Å². The Morgan fingerprint density at radius 2 is 2.22 bits per heavy atom. The summed E-state index contributed by atoms with van der Waals surface area (Å²) in [6.45, 7) is 4.93. The maximum absolute atomic E-state index is 10.3. The predicted molar refractivity (Wildman–Crippen MR) is 35.8 cm³/mol. The van der Waals surface area contributed by atoms with Crippen LogP contribution in [0.3, 0.4) is 0 Å². The van der Waals surface area contributed by atoms with E-state index in [1.54, 1.807) is 6.92 Å².